The van der Waals surface area contributed by atoms with Gasteiger partial charge in [0.1, 0.15) is 11.1 Å². The van der Waals surface area contributed by atoms with Crippen LogP contribution in [0.1, 0.15) is 16.5 Å². The highest BCUT2D eigenvalue weighted by Crippen LogP contribution is 2.36. The van der Waals surface area contributed by atoms with E-state index in [9.17, 15) is 0 Å². The molecule has 0 fully saturated rings. The highest BCUT2D eigenvalue weighted by molar-refractivity contribution is 7.99. The Bertz CT molecular complexity index is 754. The zero-order chi connectivity index (χ0) is 16.8. The number of hydrogen-bond donors (Lipinski definition) is 1. The molecule has 24 heavy (non-hydrogen) atoms. The molecule has 0 radical (unpaired) electrons. The van der Waals surface area contributed by atoms with Gasteiger partial charge in [-0.3, -0.25) is 0 Å². The predicted octanol–water partition coefficient (Wildman–Crippen LogP) is 5.91. The van der Waals surface area contributed by atoms with Crippen LogP contribution in [0.3, 0.4) is 0 Å². The molecule has 0 spiro atoms. The van der Waals surface area contributed by atoms with Gasteiger partial charge in [-0.15, -0.1) is 0 Å². The number of rotatable bonds is 6. The maximum absolute atomic E-state index is 5.27. The minimum absolute atomic E-state index is 0.126. The van der Waals surface area contributed by atoms with Crippen LogP contribution in [0.5, 0.6) is 5.75 Å². The molecule has 0 bridgehead atoms. The molecular weight excluding hydrogens is 314 g/mol. The summed E-state index contributed by atoms with van der Waals surface area (Å²) in [4.78, 5) is 1.24. The Morgan fingerprint density at radius 1 is 0.833 bits per heavy atom. The van der Waals surface area contributed by atoms with Crippen LogP contribution in [0.25, 0.3) is 0 Å². The monoisotopic (exact) mass is 335 g/mol. The number of benzene rings is 3. The maximum Gasteiger partial charge on any atom is 0.118 e. The van der Waals surface area contributed by atoms with Crippen molar-refractivity contribution in [2.24, 2.45) is 0 Å². The summed E-state index contributed by atoms with van der Waals surface area (Å²) < 4.78 is 5.27. The van der Waals surface area contributed by atoms with E-state index < -0.39 is 0 Å². The van der Waals surface area contributed by atoms with E-state index >= 15 is 0 Å². The van der Waals surface area contributed by atoms with Crippen molar-refractivity contribution in [3.05, 3.63) is 90.0 Å². The number of aryl methyl sites for hydroxylation is 1. The second kappa shape index (κ2) is 7.93. The van der Waals surface area contributed by atoms with Crippen molar-refractivity contribution < 1.29 is 4.74 Å². The molecule has 0 aliphatic heterocycles. The van der Waals surface area contributed by atoms with Gasteiger partial charge in [0.25, 0.3) is 0 Å². The quantitative estimate of drug-likeness (QED) is 0.447. The van der Waals surface area contributed by atoms with Crippen LogP contribution in [0.15, 0.2) is 83.8 Å². The molecule has 0 heterocycles. The third kappa shape index (κ3) is 4.33. The standard InChI is InChI=1S/C21H21NOS/c1-16-8-14-20(15-9-16)24-21(22-18-6-4-3-5-7-18)17-10-12-19(23-2)13-11-17/h3-15,21-22H,1-2H3/t21-/m1/s1. The van der Waals surface area contributed by atoms with E-state index in [0.717, 1.165) is 11.4 Å². The Kier molecular flexibility index (Phi) is 5.44. The van der Waals surface area contributed by atoms with E-state index in [1.807, 2.05) is 30.3 Å². The van der Waals surface area contributed by atoms with E-state index in [-0.39, 0.29) is 5.37 Å². The van der Waals surface area contributed by atoms with Gasteiger partial charge in [-0.05, 0) is 48.9 Å². The third-order valence-electron chi connectivity index (χ3n) is 3.77. The van der Waals surface area contributed by atoms with Crippen LogP contribution in [0, 0.1) is 6.92 Å². The first-order valence-corrected chi connectivity index (χ1v) is 8.81. The van der Waals surface area contributed by atoms with Gasteiger partial charge in [0.2, 0.25) is 0 Å². The molecule has 0 aromatic heterocycles. The highest BCUT2D eigenvalue weighted by Gasteiger charge is 2.13. The van der Waals surface area contributed by atoms with Crippen LogP contribution in [-0.4, -0.2) is 7.11 Å². The fourth-order valence-electron chi connectivity index (χ4n) is 2.40. The molecule has 0 aliphatic rings. The van der Waals surface area contributed by atoms with Gasteiger partial charge < -0.3 is 10.1 Å². The average molecular weight is 335 g/mol. The van der Waals surface area contributed by atoms with Crippen LogP contribution in [-0.2, 0) is 0 Å². The molecule has 3 aromatic carbocycles. The summed E-state index contributed by atoms with van der Waals surface area (Å²) in [7, 11) is 1.69. The first-order chi connectivity index (χ1) is 11.7. The van der Waals surface area contributed by atoms with Crippen LogP contribution >= 0.6 is 11.8 Å². The number of ether oxygens (including phenoxy) is 1. The molecule has 1 N–H and O–H groups in total. The molecule has 0 aliphatic carbocycles. The minimum Gasteiger partial charge on any atom is -0.497 e. The molecule has 2 nitrogen and oxygen atoms in total. The smallest absolute Gasteiger partial charge is 0.118 e. The van der Waals surface area contributed by atoms with Crippen molar-refractivity contribution in [1.82, 2.24) is 0 Å². The molecule has 0 saturated heterocycles. The molecule has 3 heteroatoms. The second-order valence-corrected chi connectivity index (χ2v) is 6.77. The van der Waals surface area contributed by atoms with Gasteiger partial charge in [-0.2, -0.15) is 0 Å². The maximum atomic E-state index is 5.27. The molecule has 0 amide bonds. The lowest BCUT2D eigenvalue weighted by molar-refractivity contribution is 0.414. The SMILES string of the molecule is COc1ccc([C@H](Nc2ccccc2)Sc2ccc(C)cc2)cc1. The molecule has 3 aromatic rings. The highest BCUT2D eigenvalue weighted by atomic mass is 32.2. The Hall–Kier alpha value is -2.39. The Morgan fingerprint density at radius 3 is 2.12 bits per heavy atom. The number of nitrogens with one attached hydrogen (secondary N) is 1. The summed E-state index contributed by atoms with van der Waals surface area (Å²) in [5.74, 6) is 0.873. The lowest BCUT2D eigenvalue weighted by Crippen LogP contribution is -2.07. The summed E-state index contributed by atoms with van der Waals surface area (Å²) >= 11 is 1.81. The Balaban J connectivity index is 1.85. The molecule has 122 valence electrons. The number of anilines is 1. The number of para-hydroxylation sites is 1. The topological polar surface area (TPSA) is 21.3 Å². The van der Waals surface area contributed by atoms with E-state index in [1.54, 1.807) is 18.9 Å². The fourth-order valence-corrected chi connectivity index (χ4v) is 3.45. The lowest BCUT2D eigenvalue weighted by atomic mass is 10.2. The molecule has 1 atom stereocenters. The normalized spacial score (nSPS) is 11.8. The van der Waals surface area contributed by atoms with Crippen molar-refractivity contribution in [2.45, 2.75) is 17.2 Å². The van der Waals surface area contributed by atoms with Crippen molar-refractivity contribution >= 4 is 17.4 Å². The Morgan fingerprint density at radius 2 is 1.50 bits per heavy atom. The van der Waals surface area contributed by atoms with E-state index in [2.05, 4.69) is 60.8 Å². The minimum atomic E-state index is 0.126. The first kappa shape index (κ1) is 16.5. The van der Waals surface area contributed by atoms with Crippen molar-refractivity contribution in [3.8, 4) is 5.75 Å². The summed E-state index contributed by atoms with van der Waals surface area (Å²) in [6, 6.07) is 27.2. The second-order valence-electron chi connectivity index (χ2n) is 5.59. The fraction of sp³-hybridized carbons (Fsp3) is 0.143. The summed E-state index contributed by atoms with van der Waals surface area (Å²) in [6.45, 7) is 2.11. The van der Waals surface area contributed by atoms with Crippen molar-refractivity contribution in [3.63, 3.8) is 0 Å². The molecule has 3 rings (SSSR count). The van der Waals surface area contributed by atoms with Gasteiger partial charge in [-0.1, -0.05) is 59.8 Å². The van der Waals surface area contributed by atoms with E-state index in [4.69, 9.17) is 4.74 Å². The van der Waals surface area contributed by atoms with E-state index in [1.165, 1.54) is 16.0 Å². The predicted molar refractivity (Wildman–Crippen MR) is 103 cm³/mol. The van der Waals surface area contributed by atoms with Gasteiger partial charge in [-0.25, -0.2) is 0 Å². The summed E-state index contributed by atoms with van der Waals surface area (Å²) in [5.41, 5.74) is 3.60. The molecular formula is C21H21NOS. The largest absolute Gasteiger partial charge is 0.497 e. The lowest BCUT2D eigenvalue weighted by Gasteiger charge is -2.20. The van der Waals surface area contributed by atoms with E-state index in [0.29, 0.717) is 0 Å². The zero-order valence-corrected chi connectivity index (χ0v) is 14.7. The van der Waals surface area contributed by atoms with Crippen molar-refractivity contribution in [2.75, 3.05) is 12.4 Å². The van der Waals surface area contributed by atoms with Crippen molar-refractivity contribution in [1.29, 1.82) is 0 Å². The van der Waals surface area contributed by atoms with Gasteiger partial charge in [0, 0.05) is 10.6 Å². The summed E-state index contributed by atoms with van der Waals surface area (Å²) in [6.07, 6.45) is 0. The number of hydrogen-bond acceptors (Lipinski definition) is 3. The van der Waals surface area contributed by atoms with Crippen LogP contribution in [0.2, 0.25) is 0 Å². The first-order valence-electron chi connectivity index (χ1n) is 7.93. The Labute approximate surface area is 147 Å². The van der Waals surface area contributed by atoms with Gasteiger partial charge in [0.05, 0.1) is 7.11 Å². The zero-order valence-electron chi connectivity index (χ0n) is 13.9. The van der Waals surface area contributed by atoms with Crippen LogP contribution in [0.4, 0.5) is 5.69 Å². The average Bonchev–Trinajstić information content (AvgIpc) is 2.64. The molecule has 0 unspecified atom stereocenters. The summed E-state index contributed by atoms with van der Waals surface area (Å²) in [5, 5.41) is 3.74. The number of methoxy groups -OCH3 is 1. The van der Waals surface area contributed by atoms with Gasteiger partial charge in [0.15, 0.2) is 0 Å². The van der Waals surface area contributed by atoms with Crippen LogP contribution < -0.4 is 10.1 Å². The van der Waals surface area contributed by atoms with Gasteiger partial charge >= 0.3 is 0 Å². The molecule has 0 saturated carbocycles. The number of thioether (sulfide) groups is 1. The third-order valence-corrected chi connectivity index (χ3v) is 4.94.